The zero-order valence-corrected chi connectivity index (χ0v) is 20.9. The number of halogens is 5. The Labute approximate surface area is 208 Å². The molecule has 1 aliphatic rings. The number of hydrogen-bond acceptors (Lipinski definition) is 4. The normalized spacial score (nSPS) is 16.9. The number of nitrogens with zero attached hydrogens (tertiary/aromatic N) is 3. The first-order valence-corrected chi connectivity index (χ1v) is 12.9. The molecular weight excluding hydrogens is 503 g/mol. The molecule has 3 rings (SSSR count). The van der Waals surface area contributed by atoms with Crippen molar-refractivity contribution in [2.45, 2.75) is 56.5 Å². The largest absolute Gasteiger partial charge is 0.418 e. The van der Waals surface area contributed by atoms with E-state index in [2.05, 4.69) is 14.7 Å². The van der Waals surface area contributed by atoms with E-state index in [9.17, 15) is 31.5 Å². The van der Waals surface area contributed by atoms with Crippen LogP contribution in [0.3, 0.4) is 0 Å². The molecule has 2 amide bonds. The number of rotatable bonds is 5. The van der Waals surface area contributed by atoms with Crippen molar-refractivity contribution in [1.82, 2.24) is 4.98 Å². The van der Waals surface area contributed by atoms with Gasteiger partial charge in [0.05, 0.1) is 11.1 Å². The number of nitrogens with one attached hydrogen (secondary N) is 1. The molecule has 1 atom stereocenters. The van der Waals surface area contributed by atoms with Crippen LogP contribution in [-0.2, 0) is 21.7 Å². The summed E-state index contributed by atoms with van der Waals surface area (Å²) in [5.74, 6) is -4.06. The molecule has 2 aromatic rings. The summed E-state index contributed by atoms with van der Waals surface area (Å²) in [4.78, 5) is 31.0. The fourth-order valence-corrected chi connectivity index (χ4v) is 5.00. The van der Waals surface area contributed by atoms with Gasteiger partial charge in [-0.2, -0.15) is 17.5 Å². The maximum absolute atomic E-state index is 13.9. The number of amides is 2. The van der Waals surface area contributed by atoms with Gasteiger partial charge in [0, 0.05) is 49.1 Å². The molecule has 0 bridgehead atoms. The third-order valence-electron chi connectivity index (χ3n) is 5.84. The van der Waals surface area contributed by atoms with Gasteiger partial charge in [-0.25, -0.2) is 13.8 Å². The summed E-state index contributed by atoms with van der Waals surface area (Å²) in [5, 5.41) is 2.61. The Bertz CT molecular complexity index is 1180. The number of carbonyl (C=O) groups is 2. The lowest BCUT2D eigenvalue weighted by molar-refractivity contribution is -0.138. The first kappa shape index (κ1) is 27.7. The van der Waals surface area contributed by atoms with E-state index in [4.69, 9.17) is 0 Å². The van der Waals surface area contributed by atoms with E-state index < -0.39 is 40.7 Å². The summed E-state index contributed by atoms with van der Waals surface area (Å²) in [6, 6.07) is 6.51. The summed E-state index contributed by atoms with van der Waals surface area (Å²) in [6.45, 7) is 2.85. The predicted molar refractivity (Wildman–Crippen MR) is 129 cm³/mol. The van der Waals surface area contributed by atoms with Gasteiger partial charge in [0.25, 0.3) is 11.8 Å². The number of hydrogen-bond donors (Lipinski definition) is 1. The molecule has 196 valence electrons. The van der Waals surface area contributed by atoms with Crippen molar-refractivity contribution < 1.29 is 31.5 Å². The van der Waals surface area contributed by atoms with Crippen LogP contribution in [0.4, 0.5) is 33.5 Å². The molecular formula is C24H27F5N4O2S. The van der Waals surface area contributed by atoms with Crippen molar-refractivity contribution in [2.24, 2.45) is 4.36 Å². The highest BCUT2D eigenvalue weighted by Gasteiger charge is 2.38. The van der Waals surface area contributed by atoms with E-state index in [1.807, 2.05) is 0 Å². The molecule has 0 saturated carbocycles. The van der Waals surface area contributed by atoms with E-state index in [0.717, 1.165) is 0 Å². The number of anilines is 2. The second-order valence-corrected chi connectivity index (χ2v) is 10.1. The Morgan fingerprint density at radius 1 is 1.22 bits per heavy atom. The van der Waals surface area contributed by atoms with Gasteiger partial charge in [-0.1, -0.05) is 23.7 Å². The average Bonchev–Trinajstić information content (AvgIpc) is 2.98. The molecule has 12 heteroatoms. The molecule has 36 heavy (non-hydrogen) atoms. The van der Waals surface area contributed by atoms with Crippen LogP contribution < -0.4 is 10.2 Å². The number of benzene rings is 1. The molecule has 6 nitrogen and oxygen atoms in total. The maximum atomic E-state index is 13.9. The second-order valence-electron chi connectivity index (χ2n) is 8.49. The molecule has 1 saturated heterocycles. The van der Waals surface area contributed by atoms with Gasteiger partial charge >= 0.3 is 6.18 Å². The van der Waals surface area contributed by atoms with Crippen molar-refractivity contribution >= 4 is 34.0 Å². The molecule has 0 unspecified atom stereocenters. The van der Waals surface area contributed by atoms with Gasteiger partial charge in [0.15, 0.2) is 0 Å². The van der Waals surface area contributed by atoms with Crippen LogP contribution in [0.25, 0.3) is 0 Å². The smallest absolute Gasteiger partial charge is 0.356 e. The van der Waals surface area contributed by atoms with Crippen LogP contribution in [0.5, 0.6) is 0 Å². The molecule has 1 fully saturated rings. The fraction of sp³-hybridized carbons (Fsp3) is 0.458. The van der Waals surface area contributed by atoms with E-state index in [1.165, 1.54) is 11.8 Å². The monoisotopic (exact) mass is 530 g/mol. The molecule has 0 spiro atoms. The number of aromatic nitrogens is 1. The minimum Gasteiger partial charge on any atom is -0.356 e. The van der Waals surface area contributed by atoms with Crippen LogP contribution in [0, 0.1) is 6.92 Å². The Balaban J connectivity index is 2.00. The SMILES string of the molecule is CCC(=O)N=[S@@](C)c1cccc(NC(=O)c2c(N3CCCC(F)(F)CC3)ncc(C(F)(F)F)c2C)c1. The number of alkyl halides is 5. The standard InChI is InChI=1S/C24H27F5N4O2S/c1-4-19(34)32-36(3)17-8-5-7-16(13-17)31-22(35)20-15(2)18(24(27,28)29)14-30-21(20)33-11-6-9-23(25,26)10-12-33/h5,7-8,13-14H,4,6,9-12H2,1-3H3,(H,31,35)/t36-/m0/s1. The van der Waals surface area contributed by atoms with Gasteiger partial charge < -0.3 is 10.2 Å². The highest BCUT2D eigenvalue weighted by atomic mass is 32.2. The van der Waals surface area contributed by atoms with Crippen molar-refractivity contribution in [3.63, 3.8) is 0 Å². The Morgan fingerprint density at radius 2 is 1.94 bits per heavy atom. The first-order valence-electron chi connectivity index (χ1n) is 11.3. The fourth-order valence-electron chi connectivity index (χ4n) is 3.88. The highest BCUT2D eigenvalue weighted by molar-refractivity contribution is 7.87. The summed E-state index contributed by atoms with van der Waals surface area (Å²) in [7, 11) is -0.787. The summed E-state index contributed by atoms with van der Waals surface area (Å²) in [5.41, 5.74) is -1.43. The first-order chi connectivity index (χ1) is 16.8. The molecule has 0 aliphatic carbocycles. The third kappa shape index (κ3) is 6.65. The topological polar surface area (TPSA) is 74.7 Å². The zero-order chi connectivity index (χ0) is 26.7. The van der Waals surface area contributed by atoms with Crippen LogP contribution in [0.1, 0.15) is 54.1 Å². The van der Waals surface area contributed by atoms with Crippen molar-refractivity contribution in [3.8, 4) is 0 Å². The van der Waals surface area contributed by atoms with Gasteiger partial charge in [-0.15, -0.1) is 0 Å². The lowest BCUT2D eigenvalue weighted by atomic mass is 10.0. The molecule has 2 heterocycles. The van der Waals surface area contributed by atoms with Gasteiger partial charge in [-0.3, -0.25) is 9.59 Å². The van der Waals surface area contributed by atoms with Crippen molar-refractivity contribution in [1.29, 1.82) is 0 Å². The maximum Gasteiger partial charge on any atom is 0.418 e. The zero-order valence-electron chi connectivity index (χ0n) is 20.1. The molecule has 1 aromatic carbocycles. The van der Waals surface area contributed by atoms with E-state index in [0.29, 0.717) is 16.8 Å². The quantitative estimate of drug-likeness (QED) is 0.480. The summed E-state index contributed by atoms with van der Waals surface area (Å²) in [6.07, 6.45) is -2.85. The minimum atomic E-state index is -4.75. The number of carbonyl (C=O) groups excluding carboxylic acids is 2. The third-order valence-corrected chi connectivity index (χ3v) is 7.26. The van der Waals surface area contributed by atoms with Gasteiger partial charge in [0.2, 0.25) is 5.92 Å². The number of pyridine rings is 1. The average molecular weight is 531 g/mol. The lowest BCUT2D eigenvalue weighted by Crippen LogP contribution is -2.30. The van der Waals surface area contributed by atoms with E-state index in [1.54, 1.807) is 37.4 Å². The Morgan fingerprint density at radius 3 is 2.61 bits per heavy atom. The van der Waals surface area contributed by atoms with E-state index >= 15 is 0 Å². The molecule has 1 aromatic heterocycles. The summed E-state index contributed by atoms with van der Waals surface area (Å²) >= 11 is 0. The van der Waals surface area contributed by atoms with Crippen molar-refractivity contribution in [3.05, 3.63) is 47.2 Å². The molecule has 1 N–H and O–H groups in total. The van der Waals surface area contributed by atoms with Crippen LogP contribution in [-0.4, -0.2) is 42.1 Å². The van der Waals surface area contributed by atoms with Gasteiger partial charge in [0.1, 0.15) is 5.82 Å². The van der Waals surface area contributed by atoms with Crippen LogP contribution in [0.15, 0.2) is 39.7 Å². The van der Waals surface area contributed by atoms with Crippen LogP contribution in [0.2, 0.25) is 0 Å². The second kappa shape index (κ2) is 11.0. The highest BCUT2D eigenvalue weighted by Crippen LogP contribution is 2.37. The van der Waals surface area contributed by atoms with Crippen molar-refractivity contribution in [2.75, 3.05) is 29.6 Å². The van der Waals surface area contributed by atoms with Gasteiger partial charge in [-0.05, 0) is 43.4 Å². The molecule has 0 radical (unpaired) electrons. The predicted octanol–water partition coefficient (Wildman–Crippen LogP) is 6.01. The Hall–Kier alpha value is -2.89. The molecule has 1 aliphatic heterocycles. The minimum absolute atomic E-state index is 0.0642. The summed E-state index contributed by atoms with van der Waals surface area (Å²) < 4.78 is 72.7. The van der Waals surface area contributed by atoms with Crippen LogP contribution >= 0.6 is 0 Å². The van der Waals surface area contributed by atoms with E-state index in [-0.39, 0.29) is 55.2 Å². The lowest BCUT2D eigenvalue weighted by Gasteiger charge is -2.26. The Kier molecular flexibility index (Phi) is 8.48.